The molecular formula is H4CeN5O8. The second-order valence-electron chi connectivity index (χ2n) is 0.298. The van der Waals surface area contributed by atoms with E-state index in [4.69, 9.17) is 40.5 Å². The van der Waals surface area contributed by atoms with Crippen LogP contribution in [0.15, 0.2) is 21.4 Å². The minimum atomic E-state index is 0. The summed E-state index contributed by atoms with van der Waals surface area (Å²) in [6.45, 7) is 0. The average Bonchev–Trinajstić information content (AvgIpc) is 1.92. The molecule has 14 heavy (non-hydrogen) atoms. The zero-order chi connectivity index (χ0) is 10.8. The summed E-state index contributed by atoms with van der Waals surface area (Å²) in [4.78, 5) is 32.0. The number of nitrogens with zero attached hydrogens (tertiary/aromatic N) is 4. The van der Waals surface area contributed by atoms with Gasteiger partial charge < -0.3 is 46.6 Å². The van der Waals surface area contributed by atoms with E-state index in [2.05, 4.69) is 0 Å². The van der Waals surface area contributed by atoms with Crippen LogP contribution < -0.4 is 6.15 Å². The average molecular weight is 342 g/mol. The quantitative estimate of drug-likeness (QED) is 0.495. The Kier molecular flexibility index (Phi) is 453. The standard InChI is InChI=1S/Ce.4HNO2.H3N/c;4*2-1-3;/h;4*(H,2,3);1H3/q+3;;;;;/p-3. The number of quaternary nitrogens is 1. The second kappa shape index (κ2) is 166. The van der Waals surface area contributed by atoms with Crippen molar-refractivity contribution in [1.82, 2.24) is 6.15 Å². The molecule has 0 heterocycles. The van der Waals surface area contributed by atoms with E-state index in [1.54, 1.807) is 0 Å². The van der Waals surface area contributed by atoms with Crippen LogP contribution in [-0.2, 0) is 0 Å². The third-order valence-electron chi connectivity index (χ3n) is 0. The molecule has 0 fully saturated rings. The molecule has 0 saturated carbocycles. The van der Waals surface area contributed by atoms with E-state index in [1.807, 2.05) is 0 Å². The molecule has 0 spiro atoms. The molecule has 0 atom stereocenters. The molecule has 81 valence electrons. The van der Waals surface area contributed by atoms with Crippen molar-refractivity contribution in [2.24, 2.45) is 21.4 Å². The van der Waals surface area contributed by atoms with Gasteiger partial charge in [0, 0.05) is 0 Å². The van der Waals surface area contributed by atoms with E-state index >= 15 is 0 Å². The van der Waals surface area contributed by atoms with Gasteiger partial charge in [-0.2, -0.15) is 0 Å². The van der Waals surface area contributed by atoms with Crippen molar-refractivity contribution in [3.05, 3.63) is 40.5 Å². The van der Waals surface area contributed by atoms with Crippen molar-refractivity contribution in [2.75, 3.05) is 0 Å². The topological polar surface area (TPSA) is 246 Å². The molecule has 0 aromatic carbocycles. The summed E-state index contributed by atoms with van der Waals surface area (Å²) < 4.78 is 0. The van der Waals surface area contributed by atoms with E-state index in [-0.39, 0.29) is 47.9 Å². The number of hydrogen-bond acceptors (Lipinski definition) is 12. The van der Waals surface area contributed by atoms with Gasteiger partial charge in [0.1, 0.15) is 0 Å². The van der Waals surface area contributed by atoms with Gasteiger partial charge in [-0.1, -0.05) is 0 Å². The van der Waals surface area contributed by atoms with Gasteiger partial charge in [0.05, 0.1) is 0 Å². The predicted octanol–water partition coefficient (Wildman–Crippen LogP) is 1.38. The van der Waals surface area contributed by atoms with Crippen LogP contribution in [0.3, 0.4) is 0 Å². The summed E-state index contributed by atoms with van der Waals surface area (Å²) in [7, 11) is 0. The molecular weight excluding hydrogens is 338 g/mol. The van der Waals surface area contributed by atoms with Crippen molar-refractivity contribution >= 4 is 0 Å². The van der Waals surface area contributed by atoms with Crippen LogP contribution in [0.1, 0.15) is 0 Å². The molecule has 0 aliphatic carbocycles. The first-order valence-electron chi connectivity index (χ1n) is 1.46. The Balaban J connectivity index is -0.0000000145. The molecule has 0 rings (SSSR count). The normalized spacial score (nSPS) is 3.43. The largest absolute Gasteiger partial charge is 3.00 e. The summed E-state index contributed by atoms with van der Waals surface area (Å²) in [6.07, 6.45) is 0. The first kappa shape index (κ1) is 38.3. The summed E-state index contributed by atoms with van der Waals surface area (Å²) in [5, 5.41) is 36.0. The van der Waals surface area contributed by atoms with Gasteiger partial charge in [-0.05, 0) is 0 Å². The Labute approximate surface area is 109 Å². The van der Waals surface area contributed by atoms with Gasteiger partial charge in [-0.15, -0.1) is 21.4 Å². The number of rotatable bonds is 0. The molecule has 0 bridgehead atoms. The van der Waals surface area contributed by atoms with Gasteiger partial charge in [0.15, 0.2) is 0 Å². The van der Waals surface area contributed by atoms with Gasteiger partial charge >= 0.3 is 41.7 Å². The monoisotopic (exact) mass is 342 g/mol. The summed E-state index contributed by atoms with van der Waals surface area (Å²) in [5.41, 5.74) is 0. The van der Waals surface area contributed by atoms with E-state index < -0.39 is 0 Å². The summed E-state index contributed by atoms with van der Waals surface area (Å²) in [5.74, 6) is 0. The molecule has 0 aromatic heterocycles. The fourth-order valence-corrected chi connectivity index (χ4v) is 0. The third kappa shape index (κ3) is 955. The van der Waals surface area contributed by atoms with E-state index in [0.717, 1.165) is 21.4 Å². The molecule has 0 unspecified atom stereocenters. The fraction of sp³-hybridized carbons (Fsp3) is 0. The van der Waals surface area contributed by atoms with Crippen molar-refractivity contribution < 1.29 is 41.7 Å². The fourth-order valence-electron chi connectivity index (χ4n) is 0. The van der Waals surface area contributed by atoms with Crippen molar-refractivity contribution in [1.29, 1.82) is 0 Å². The molecule has 0 aliphatic rings. The van der Waals surface area contributed by atoms with Crippen LogP contribution in [0, 0.1) is 82.2 Å². The van der Waals surface area contributed by atoms with E-state index in [0.29, 0.717) is 0 Å². The number of hydrogen-bond donors (Lipinski definition) is 1. The maximum atomic E-state index is 8.00. The van der Waals surface area contributed by atoms with Crippen LogP contribution in [-0.4, -0.2) is 0 Å². The van der Waals surface area contributed by atoms with Crippen molar-refractivity contribution in [3.63, 3.8) is 0 Å². The Morgan fingerprint density at radius 1 is 0.571 bits per heavy atom. The van der Waals surface area contributed by atoms with Crippen molar-refractivity contribution in [3.8, 4) is 0 Å². The molecule has 4 N–H and O–H groups in total. The van der Waals surface area contributed by atoms with E-state index in [1.165, 1.54) is 0 Å². The van der Waals surface area contributed by atoms with Crippen LogP contribution in [0.2, 0.25) is 0 Å². The van der Waals surface area contributed by atoms with Crippen LogP contribution >= 0.6 is 0 Å². The van der Waals surface area contributed by atoms with Crippen molar-refractivity contribution in [2.45, 2.75) is 0 Å². The van der Waals surface area contributed by atoms with Crippen LogP contribution in [0.25, 0.3) is 0 Å². The van der Waals surface area contributed by atoms with Gasteiger partial charge in [0.25, 0.3) is 0 Å². The van der Waals surface area contributed by atoms with Crippen LogP contribution in [0.5, 0.6) is 0 Å². The summed E-state index contributed by atoms with van der Waals surface area (Å²) in [6, 6.07) is 0. The van der Waals surface area contributed by atoms with E-state index in [9.17, 15) is 0 Å². The molecule has 0 amide bonds. The maximum absolute atomic E-state index is 8.00. The molecule has 0 aromatic rings. The van der Waals surface area contributed by atoms with Gasteiger partial charge in [-0.25, -0.2) is 0 Å². The Morgan fingerprint density at radius 3 is 0.571 bits per heavy atom. The Morgan fingerprint density at radius 2 is 0.571 bits per heavy atom. The Hall–Kier alpha value is -1.06. The first-order chi connectivity index (χ1) is 5.66. The molecule has 13 nitrogen and oxygen atoms in total. The minimum Gasteiger partial charge on any atom is -0.444 e. The predicted molar refractivity (Wildman–Crippen MR) is 42.6 cm³/mol. The second-order valence-corrected chi connectivity index (χ2v) is 0.298. The zero-order valence-electron chi connectivity index (χ0n) is 6.55. The van der Waals surface area contributed by atoms with Gasteiger partial charge in [-0.3, -0.25) is 0 Å². The SMILES string of the molecule is O=N[O-].O=N[O-].O=N[O-].O=N[O-].[Ce+3].[NH4+]. The molecule has 0 saturated heterocycles. The molecule has 1 radical (unpaired) electrons. The maximum Gasteiger partial charge on any atom is 3.00 e. The minimum absolute atomic E-state index is 0. The smallest absolute Gasteiger partial charge is 0.444 e. The van der Waals surface area contributed by atoms with Crippen LogP contribution in [0.4, 0.5) is 0 Å². The van der Waals surface area contributed by atoms with Gasteiger partial charge in [0.2, 0.25) is 0 Å². The zero-order valence-corrected chi connectivity index (χ0v) is 9.69. The third-order valence-corrected chi connectivity index (χ3v) is 0. The first-order valence-corrected chi connectivity index (χ1v) is 1.46. The Bertz CT molecular complexity index is 71.7. The molecule has 14 heteroatoms. The molecule has 0 aliphatic heterocycles. The summed E-state index contributed by atoms with van der Waals surface area (Å²) >= 11 is 0.